The molecule has 0 aliphatic carbocycles. The van der Waals surface area contributed by atoms with Crippen molar-refractivity contribution in [3.8, 4) is 0 Å². The number of likely N-dealkylation sites (tertiary alicyclic amines) is 1. The van der Waals surface area contributed by atoms with Gasteiger partial charge in [-0.25, -0.2) is 0 Å². The molecule has 134 valence electrons. The highest BCUT2D eigenvalue weighted by molar-refractivity contribution is 5.10. The van der Waals surface area contributed by atoms with Crippen LogP contribution in [0.1, 0.15) is 24.0 Å². The highest BCUT2D eigenvalue weighted by Gasteiger charge is 2.34. The molecule has 0 bridgehead atoms. The molecule has 6 nitrogen and oxygen atoms in total. The molecule has 2 atom stereocenters. The summed E-state index contributed by atoms with van der Waals surface area (Å²) in [5.41, 5.74) is 2.63. The third-order valence-corrected chi connectivity index (χ3v) is 5.38. The van der Waals surface area contributed by atoms with E-state index in [1.807, 2.05) is 30.3 Å². The van der Waals surface area contributed by atoms with E-state index in [1.54, 1.807) is 0 Å². The van der Waals surface area contributed by atoms with Gasteiger partial charge in [0.1, 0.15) is 0 Å². The molecule has 0 saturated carbocycles. The fraction of sp³-hybridized carbons (Fsp3) is 0.579. The van der Waals surface area contributed by atoms with Crippen LogP contribution >= 0.6 is 0 Å². The minimum atomic E-state index is 0.356. The molecule has 2 unspecified atom stereocenters. The molecule has 2 aromatic rings. The third-order valence-electron chi connectivity index (χ3n) is 5.38. The lowest BCUT2D eigenvalue weighted by Crippen LogP contribution is -2.50. The second-order valence-electron chi connectivity index (χ2n) is 7.18. The molecular formula is C19H27N5O. The molecule has 0 amide bonds. The summed E-state index contributed by atoms with van der Waals surface area (Å²) < 4.78 is 8.02. The third kappa shape index (κ3) is 4.08. The van der Waals surface area contributed by atoms with Crippen LogP contribution in [-0.4, -0.2) is 63.0 Å². The fourth-order valence-electron chi connectivity index (χ4n) is 4.10. The van der Waals surface area contributed by atoms with E-state index in [0.717, 1.165) is 52.2 Å². The van der Waals surface area contributed by atoms with Crippen LogP contribution < -0.4 is 0 Å². The number of ether oxygens (including phenoxy) is 1. The number of nitrogens with zero attached hydrogens (tertiary/aromatic N) is 5. The van der Waals surface area contributed by atoms with Gasteiger partial charge in [0.05, 0.1) is 18.9 Å². The summed E-state index contributed by atoms with van der Waals surface area (Å²) in [6.07, 6.45) is 10.5. The molecule has 0 spiro atoms. The first-order valence-electron chi connectivity index (χ1n) is 9.22. The second kappa shape index (κ2) is 7.64. The summed E-state index contributed by atoms with van der Waals surface area (Å²) >= 11 is 0. The van der Waals surface area contributed by atoms with E-state index in [1.165, 1.54) is 11.1 Å². The maximum Gasteiger partial charge on any atom is 0.0743 e. The Bertz CT molecular complexity index is 673. The summed E-state index contributed by atoms with van der Waals surface area (Å²) in [6.45, 7) is 6.06. The monoisotopic (exact) mass is 341 g/mol. The molecule has 2 saturated heterocycles. The van der Waals surface area contributed by atoms with Crippen LogP contribution in [0, 0.1) is 0 Å². The zero-order valence-corrected chi connectivity index (χ0v) is 14.9. The van der Waals surface area contributed by atoms with Gasteiger partial charge in [-0.1, -0.05) is 0 Å². The molecule has 0 aromatic carbocycles. The van der Waals surface area contributed by atoms with Crippen molar-refractivity contribution >= 4 is 0 Å². The van der Waals surface area contributed by atoms with Crippen molar-refractivity contribution in [2.75, 3.05) is 26.2 Å². The summed E-state index contributed by atoms with van der Waals surface area (Å²) in [5.74, 6) is 0. The molecule has 6 heteroatoms. The van der Waals surface area contributed by atoms with Crippen molar-refractivity contribution in [3.05, 3.63) is 48.0 Å². The molecule has 2 aliphatic rings. The van der Waals surface area contributed by atoms with Crippen molar-refractivity contribution in [2.24, 2.45) is 7.05 Å². The zero-order chi connectivity index (χ0) is 17.1. The van der Waals surface area contributed by atoms with Gasteiger partial charge in [0, 0.05) is 70.0 Å². The number of hydrogen-bond donors (Lipinski definition) is 0. The van der Waals surface area contributed by atoms with Crippen LogP contribution in [-0.2, 0) is 24.9 Å². The molecule has 4 heterocycles. The maximum absolute atomic E-state index is 6.14. The average Bonchev–Trinajstić information content (AvgIpc) is 2.92. The predicted molar refractivity (Wildman–Crippen MR) is 95.9 cm³/mol. The van der Waals surface area contributed by atoms with Crippen LogP contribution in [0.5, 0.6) is 0 Å². The van der Waals surface area contributed by atoms with E-state index in [4.69, 9.17) is 4.74 Å². The first-order chi connectivity index (χ1) is 12.3. The quantitative estimate of drug-likeness (QED) is 0.847. The van der Waals surface area contributed by atoms with Gasteiger partial charge < -0.3 is 4.74 Å². The smallest absolute Gasteiger partial charge is 0.0743 e. The lowest BCUT2D eigenvalue weighted by molar-refractivity contribution is -0.0747. The van der Waals surface area contributed by atoms with E-state index in [2.05, 4.69) is 38.2 Å². The average molecular weight is 341 g/mol. The van der Waals surface area contributed by atoms with Crippen molar-refractivity contribution < 1.29 is 4.74 Å². The van der Waals surface area contributed by atoms with Gasteiger partial charge in [-0.05, 0) is 30.5 Å². The summed E-state index contributed by atoms with van der Waals surface area (Å²) in [5, 5.41) is 4.29. The minimum Gasteiger partial charge on any atom is -0.375 e. The molecular weight excluding hydrogens is 314 g/mol. The van der Waals surface area contributed by atoms with Crippen LogP contribution in [0.15, 0.2) is 36.9 Å². The molecule has 2 aromatic heterocycles. The number of morpholine rings is 1. The SMILES string of the molecule is Cn1cc(CN2CCC3OCCN(Cc4ccncc4)C3CC2)cn1. The van der Waals surface area contributed by atoms with Gasteiger partial charge in [0.2, 0.25) is 0 Å². The predicted octanol–water partition coefficient (Wildman–Crippen LogP) is 1.68. The maximum atomic E-state index is 6.14. The Kier molecular flexibility index (Phi) is 5.10. The van der Waals surface area contributed by atoms with Crippen molar-refractivity contribution in [1.29, 1.82) is 0 Å². The van der Waals surface area contributed by atoms with Crippen molar-refractivity contribution in [3.63, 3.8) is 0 Å². The van der Waals surface area contributed by atoms with E-state index in [0.29, 0.717) is 12.1 Å². The van der Waals surface area contributed by atoms with E-state index < -0.39 is 0 Å². The van der Waals surface area contributed by atoms with Gasteiger partial charge in [0.15, 0.2) is 0 Å². The van der Waals surface area contributed by atoms with E-state index >= 15 is 0 Å². The lowest BCUT2D eigenvalue weighted by Gasteiger charge is -2.40. The number of aryl methyl sites for hydroxylation is 1. The minimum absolute atomic E-state index is 0.356. The van der Waals surface area contributed by atoms with Crippen molar-refractivity contribution in [1.82, 2.24) is 24.6 Å². The standard InChI is InChI=1S/C19H27N5O/c1-22-13-17(12-21-22)14-23-8-4-18-19(5-9-23)25-11-10-24(18)15-16-2-6-20-7-3-16/h2-3,6-7,12-13,18-19H,4-5,8-11,14-15H2,1H3. The number of fused-ring (bicyclic) bond motifs is 1. The Labute approximate surface area is 149 Å². The summed E-state index contributed by atoms with van der Waals surface area (Å²) in [6, 6.07) is 4.76. The van der Waals surface area contributed by atoms with Crippen LogP contribution in [0.25, 0.3) is 0 Å². The van der Waals surface area contributed by atoms with Gasteiger partial charge in [-0.3, -0.25) is 19.5 Å². The summed E-state index contributed by atoms with van der Waals surface area (Å²) in [7, 11) is 1.98. The normalized spacial score (nSPS) is 25.5. The van der Waals surface area contributed by atoms with Gasteiger partial charge in [-0.15, -0.1) is 0 Å². The lowest BCUT2D eigenvalue weighted by atomic mass is 10.0. The molecule has 4 rings (SSSR count). The van der Waals surface area contributed by atoms with E-state index in [-0.39, 0.29) is 0 Å². The number of aromatic nitrogens is 3. The van der Waals surface area contributed by atoms with Crippen LogP contribution in [0.2, 0.25) is 0 Å². The van der Waals surface area contributed by atoms with Gasteiger partial charge in [-0.2, -0.15) is 5.10 Å². The fourth-order valence-corrected chi connectivity index (χ4v) is 4.10. The van der Waals surface area contributed by atoms with Gasteiger partial charge >= 0.3 is 0 Å². The topological polar surface area (TPSA) is 46.4 Å². The highest BCUT2D eigenvalue weighted by Crippen LogP contribution is 2.25. The molecule has 0 radical (unpaired) electrons. The first-order valence-corrected chi connectivity index (χ1v) is 9.22. The first kappa shape index (κ1) is 16.7. The van der Waals surface area contributed by atoms with Crippen LogP contribution in [0.3, 0.4) is 0 Å². The number of pyridine rings is 1. The molecule has 2 aliphatic heterocycles. The Morgan fingerprint density at radius 1 is 1.08 bits per heavy atom. The summed E-state index contributed by atoms with van der Waals surface area (Å²) in [4.78, 5) is 9.28. The Morgan fingerprint density at radius 2 is 1.92 bits per heavy atom. The number of rotatable bonds is 4. The zero-order valence-electron chi connectivity index (χ0n) is 14.9. The Morgan fingerprint density at radius 3 is 2.72 bits per heavy atom. The highest BCUT2D eigenvalue weighted by atomic mass is 16.5. The Balaban J connectivity index is 1.40. The van der Waals surface area contributed by atoms with E-state index in [9.17, 15) is 0 Å². The number of hydrogen-bond acceptors (Lipinski definition) is 5. The molecule has 0 N–H and O–H groups in total. The van der Waals surface area contributed by atoms with Crippen LogP contribution in [0.4, 0.5) is 0 Å². The Hall–Kier alpha value is -1.76. The second-order valence-corrected chi connectivity index (χ2v) is 7.18. The van der Waals surface area contributed by atoms with Crippen molar-refractivity contribution in [2.45, 2.75) is 38.1 Å². The van der Waals surface area contributed by atoms with Gasteiger partial charge in [0.25, 0.3) is 0 Å². The largest absolute Gasteiger partial charge is 0.375 e. The molecule has 2 fully saturated rings. The molecule has 25 heavy (non-hydrogen) atoms.